The van der Waals surface area contributed by atoms with Crippen LogP contribution in [0.15, 0.2) is 23.1 Å². The predicted octanol–water partition coefficient (Wildman–Crippen LogP) is -0.109. The van der Waals surface area contributed by atoms with E-state index >= 15 is 0 Å². The topological polar surface area (TPSA) is 26.0 Å². The number of hydrogen-bond acceptors (Lipinski definition) is 2. The summed E-state index contributed by atoms with van der Waals surface area (Å²) in [6.07, 6.45) is 0. The Balaban J connectivity index is 0.00000196. The number of hydrogen-bond donors (Lipinski definition) is 1. The summed E-state index contributed by atoms with van der Waals surface area (Å²) in [5.74, 6) is -0.713. The van der Waals surface area contributed by atoms with Crippen molar-refractivity contribution < 1.29 is 68.7 Å². The van der Waals surface area contributed by atoms with Gasteiger partial charge in [-0.1, -0.05) is 0 Å². The second-order valence-corrected chi connectivity index (χ2v) is 3.77. The summed E-state index contributed by atoms with van der Waals surface area (Å²) in [4.78, 5) is -0.0293. The van der Waals surface area contributed by atoms with Gasteiger partial charge in [-0.25, -0.2) is 4.39 Å². The zero-order chi connectivity index (χ0) is 10.8. The summed E-state index contributed by atoms with van der Waals surface area (Å²) in [5, 5.41) is 0. The van der Waals surface area contributed by atoms with Crippen molar-refractivity contribution in [3.63, 3.8) is 0 Å². The first-order valence-corrected chi connectivity index (χ1v) is 4.76. The molecule has 1 aromatic carbocycles. The Morgan fingerprint density at radius 1 is 1.27 bits per heavy atom. The number of benzene rings is 1. The second-order valence-electron chi connectivity index (χ2n) is 2.71. The number of rotatable bonds is 3. The van der Waals surface area contributed by atoms with Crippen LogP contribution in [0.2, 0.25) is 0 Å². The first kappa shape index (κ1) is 15.8. The molecule has 0 aliphatic carbocycles. The van der Waals surface area contributed by atoms with Crippen LogP contribution in [-0.2, 0) is 0 Å². The van der Waals surface area contributed by atoms with Gasteiger partial charge in [0.05, 0.1) is 0 Å². The molecule has 0 saturated heterocycles. The molecule has 0 aromatic heterocycles. The fourth-order valence-corrected chi connectivity index (χ4v) is 1.55. The van der Waals surface area contributed by atoms with E-state index in [0.717, 1.165) is 6.07 Å². The van der Waals surface area contributed by atoms with E-state index in [2.05, 4.69) is 0 Å². The van der Waals surface area contributed by atoms with Gasteiger partial charge >= 0.3 is 58.4 Å². The van der Waals surface area contributed by atoms with Crippen LogP contribution in [0.5, 0.6) is 0 Å². The maximum absolute atomic E-state index is 13.0. The smallest absolute Gasteiger partial charge is 0.448 e. The Hall–Kier alpha value is 0.791. The van der Waals surface area contributed by atoms with Crippen LogP contribution in [0.3, 0.4) is 0 Å². The molecule has 1 nitrogen and oxygen atoms in total. The van der Waals surface area contributed by atoms with E-state index in [1.165, 1.54) is 12.1 Å². The van der Waals surface area contributed by atoms with Crippen molar-refractivity contribution in [1.29, 1.82) is 0 Å². The van der Waals surface area contributed by atoms with Crippen molar-refractivity contribution in [3.8, 4) is 0 Å². The first-order chi connectivity index (χ1) is 6.38. The molecule has 0 aliphatic rings. The van der Waals surface area contributed by atoms with E-state index in [-0.39, 0.29) is 62.0 Å². The largest absolute Gasteiger partial charge is 1.00 e. The quantitative estimate of drug-likeness (QED) is 0.356. The first-order valence-electron chi connectivity index (χ1n) is 3.77. The molecule has 1 aromatic rings. The van der Waals surface area contributed by atoms with Gasteiger partial charge in [0.25, 0.3) is 0 Å². The number of nitrogens with two attached hydrogens (primary N) is 1. The van der Waals surface area contributed by atoms with Gasteiger partial charge in [-0.2, -0.15) is 11.8 Å². The minimum absolute atomic E-state index is 0. The molecule has 0 aliphatic heterocycles. The van der Waals surface area contributed by atoms with Gasteiger partial charge in [0, 0.05) is 10.6 Å². The van der Waals surface area contributed by atoms with Gasteiger partial charge in [-0.05, 0) is 23.9 Å². The molecular formula is C7H7BF4KNS. The molecule has 1 rings (SSSR count). The molecule has 0 saturated carbocycles. The molecule has 0 bridgehead atoms. The summed E-state index contributed by atoms with van der Waals surface area (Å²) in [6.45, 7) is -4.89. The molecule has 0 amide bonds. The molecule has 15 heavy (non-hydrogen) atoms. The number of anilines is 1. The van der Waals surface area contributed by atoms with Crippen molar-refractivity contribution in [2.45, 2.75) is 4.90 Å². The molecule has 8 heteroatoms. The van der Waals surface area contributed by atoms with Crippen LogP contribution >= 0.6 is 11.8 Å². The third-order valence-corrected chi connectivity index (χ3v) is 2.57. The van der Waals surface area contributed by atoms with Gasteiger partial charge in [-0.3, -0.25) is 0 Å². The Labute approximate surface area is 132 Å². The van der Waals surface area contributed by atoms with Gasteiger partial charge in [0.2, 0.25) is 0 Å². The zero-order valence-corrected chi connectivity index (χ0v) is 12.0. The molecule has 2 N–H and O–H groups in total. The van der Waals surface area contributed by atoms with E-state index in [1.807, 2.05) is 0 Å². The average molecular weight is 263 g/mol. The number of halogens is 4. The minimum atomic E-state index is -4.89. The molecule has 0 spiro atoms. The summed E-state index contributed by atoms with van der Waals surface area (Å²) in [6, 6.07) is 3.62. The molecule has 0 radical (unpaired) electrons. The fraction of sp³-hybridized carbons (Fsp3) is 0.143. The summed E-state index contributed by atoms with van der Waals surface area (Å²) in [5.41, 5.74) is 4.40. The van der Waals surface area contributed by atoms with Gasteiger partial charge < -0.3 is 18.7 Å². The van der Waals surface area contributed by atoms with Gasteiger partial charge in [0.15, 0.2) is 0 Å². The SMILES string of the molecule is Nc1ccc(SC[B-](F)(F)F)c(F)c1.[K+]. The normalized spacial score (nSPS) is 10.9. The summed E-state index contributed by atoms with van der Waals surface area (Å²) < 4.78 is 48.5. The Bertz CT molecular complexity index is 333. The van der Waals surface area contributed by atoms with Gasteiger partial charge in [-0.15, -0.1) is 0 Å². The van der Waals surface area contributed by atoms with Crippen molar-refractivity contribution in [1.82, 2.24) is 0 Å². The van der Waals surface area contributed by atoms with Crippen LogP contribution in [0.1, 0.15) is 0 Å². The minimum Gasteiger partial charge on any atom is -0.448 e. The molecule has 78 valence electrons. The molecular weight excluding hydrogens is 256 g/mol. The van der Waals surface area contributed by atoms with Gasteiger partial charge in [0.1, 0.15) is 5.82 Å². The van der Waals surface area contributed by atoms with E-state index in [9.17, 15) is 17.3 Å². The van der Waals surface area contributed by atoms with Crippen molar-refractivity contribution in [2.24, 2.45) is 0 Å². The molecule has 0 fully saturated rings. The third kappa shape index (κ3) is 6.18. The summed E-state index contributed by atoms with van der Waals surface area (Å²) in [7, 11) is 0. The van der Waals surface area contributed by atoms with Crippen LogP contribution in [-0.4, -0.2) is 12.6 Å². The van der Waals surface area contributed by atoms with Crippen LogP contribution in [0.4, 0.5) is 23.0 Å². The number of thioether (sulfide) groups is 1. The van der Waals surface area contributed by atoms with Crippen molar-refractivity contribution in [3.05, 3.63) is 24.0 Å². The molecule has 0 unspecified atom stereocenters. The van der Waals surface area contributed by atoms with Crippen LogP contribution in [0, 0.1) is 5.82 Å². The maximum Gasteiger partial charge on any atom is 1.00 e. The van der Waals surface area contributed by atoms with E-state index in [0.29, 0.717) is 11.8 Å². The van der Waals surface area contributed by atoms with E-state index in [4.69, 9.17) is 5.73 Å². The van der Waals surface area contributed by atoms with Crippen LogP contribution in [0.25, 0.3) is 0 Å². The fourth-order valence-electron chi connectivity index (χ4n) is 0.818. The second kappa shape index (κ2) is 6.51. The maximum atomic E-state index is 13.0. The Kier molecular flexibility index (Phi) is 6.85. The third-order valence-electron chi connectivity index (χ3n) is 1.38. The zero-order valence-electron chi connectivity index (χ0n) is 8.01. The van der Waals surface area contributed by atoms with E-state index in [1.54, 1.807) is 0 Å². The molecule has 0 heterocycles. The van der Waals surface area contributed by atoms with E-state index < -0.39 is 18.4 Å². The Morgan fingerprint density at radius 3 is 2.33 bits per heavy atom. The molecule has 0 atom stereocenters. The van der Waals surface area contributed by atoms with Crippen LogP contribution < -0.4 is 57.1 Å². The number of nitrogen functional groups attached to an aromatic ring is 1. The van der Waals surface area contributed by atoms with Crippen molar-refractivity contribution in [2.75, 3.05) is 11.4 Å². The monoisotopic (exact) mass is 263 g/mol. The average Bonchev–Trinajstić information content (AvgIpc) is 2.00. The summed E-state index contributed by atoms with van der Waals surface area (Å²) >= 11 is 0.435. The predicted molar refractivity (Wildman–Crippen MR) is 50.6 cm³/mol. The Morgan fingerprint density at radius 2 is 1.87 bits per heavy atom. The standard InChI is InChI=1S/C7H7BF4NS.K/c9-6-3-5(13)1-2-7(6)14-4-8(10,11)12;/h1-3H,4,13H2;/q-1;+1. The van der Waals surface area contributed by atoms with Crippen molar-refractivity contribution >= 4 is 24.4 Å².